The summed E-state index contributed by atoms with van der Waals surface area (Å²) >= 11 is 0. The van der Waals surface area contributed by atoms with Crippen LogP contribution in [0, 0.1) is 0 Å². The Morgan fingerprint density at radius 2 is 2.05 bits per heavy atom. The van der Waals surface area contributed by atoms with E-state index in [4.69, 9.17) is 14.6 Å². The zero-order valence-electron chi connectivity index (χ0n) is 11.5. The number of rotatable bonds is 6. The first-order chi connectivity index (χ1) is 9.24. The van der Waals surface area contributed by atoms with E-state index in [1.807, 2.05) is 0 Å². The number of ether oxygens (including phenoxy) is 2. The summed E-state index contributed by atoms with van der Waals surface area (Å²) in [6, 6.07) is 3.95. The molecule has 1 aromatic carbocycles. The van der Waals surface area contributed by atoms with E-state index in [9.17, 15) is 13.2 Å². The van der Waals surface area contributed by atoms with E-state index in [2.05, 4.69) is 5.32 Å². The van der Waals surface area contributed by atoms with Crippen molar-refractivity contribution < 1.29 is 22.7 Å². The highest BCUT2D eigenvalue weighted by atomic mass is 32.2. The molecule has 1 rings (SSSR count). The minimum atomic E-state index is -3.85. The Balaban J connectivity index is 2.95. The van der Waals surface area contributed by atoms with Gasteiger partial charge in [0, 0.05) is 0 Å². The number of sulfonamides is 1. The predicted octanol–water partition coefficient (Wildman–Crippen LogP) is 0.706. The average molecular weight is 302 g/mol. The summed E-state index contributed by atoms with van der Waals surface area (Å²) in [7, 11) is -2.44. The number of amides is 1. The first-order valence-corrected chi connectivity index (χ1v) is 7.41. The maximum atomic E-state index is 11.7. The highest BCUT2D eigenvalue weighted by Crippen LogP contribution is 2.26. The Hall–Kier alpha value is -1.64. The van der Waals surface area contributed by atoms with Crippen LogP contribution in [-0.4, -0.2) is 34.1 Å². The normalized spacial score (nSPS) is 11.4. The van der Waals surface area contributed by atoms with Crippen LogP contribution >= 0.6 is 0 Å². The number of hydrogen-bond acceptors (Lipinski definition) is 5. The lowest BCUT2D eigenvalue weighted by Crippen LogP contribution is -2.21. The molecule has 0 saturated heterocycles. The number of carbonyl (C=O) groups excluding carboxylic acids is 1. The summed E-state index contributed by atoms with van der Waals surface area (Å²) < 4.78 is 32.8. The number of nitrogens with two attached hydrogens (primary N) is 1. The molecular weight excluding hydrogens is 284 g/mol. The molecule has 0 heterocycles. The first kappa shape index (κ1) is 16.4. The van der Waals surface area contributed by atoms with E-state index in [1.54, 1.807) is 13.8 Å². The minimum absolute atomic E-state index is 0.0848. The second kappa shape index (κ2) is 6.69. The van der Waals surface area contributed by atoms with Crippen LogP contribution in [-0.2, 0) is 19.6 Å². The maximum Gasteiger partial charge on any atom is 0.250 e. The van der Waals surface area contributed by atoms with Crippen molar-refractivity contribution in [1.82, 2.24) is 0 Å². The highest BCUT2D eigenvalue weighted by Gasteiger charge is 2.14. The predicted molar refractivity (Wildman–Crippen MR) is 74.1 cm³/mol. The largest absolute Gasteiger partial charge is 0.495 e. The van der Waals surface area contributed by atoms with Gasteiger partial charge in [0.15, 0.2) is 0 Å². The quantitative estimate of drug-likeness (QED) is 0.804. The smallest absolute Gasteiger partial charge is 0.250 e. The Bertz CT molecular complexity index is 584. The molecule has 0 aliphatic carbocycles. The standard InChI is InChI=1S/C12H18N2O5S/c1-8(2)19-7-12(15)14-10-6-9(20(13,16)17)4-5-11(10)18-3/h4-6,8H,7H2,1-3H3,(H,14,15)(H2,13,16,17). The van der Waals surface area contributed by atoms with Gasteiger partial charge in [0.2, 0.25) is 15.9 Å². The van der Waals surface area contributed by atoms with Crippen molar-refractivity contribution >= 4 is 21.6 Å². The second-order valence-electron chi connectivity index (χ2n) is 4.32. The number of nitrogens with one attached hydrogen (secondary N) is 1. The Morgan fingerprint density at radius 1 is 1.40 bits per heavy atom. The van der Waals surface area contributed by atoms with E-state index in [1.165, 1.54) is 25.3 Å². The van der Waals surface area contributed by atoms with Crippen LogP contribution in [0.15, 0.2) is 23.1 Å². The van der Waals surface area contributed by atoms with Crippen LogP contribution < -0.4 is 15.2 Å². The first-order valence-electron chi connectivity index (χ1n) is 5.86. The van der Waals surface area contributed by atoms with Crippen molar-refractivity contribution in [1.29, 1.82) is 0 Å². The fourth-order valence-corrected chi connectivity index (χ4v) is 1.93. The molecule has 7 nitrogen and oxygen atoms in total. The molecule has 8 heteroatoms. The van der Waals surface area contributed by atoms with Gasteiger partial charge in [0.1, 0.15) is 12.4 Å². The number of benzene rings is 1. The lowest BCUT2D eigenvalue weighted by Gasteiger charge is -2.12. The van der Waals surface area contributed by atoms with Crippen molar-refractivity contribution in [3.63, 3.8) is 0 Å². The summed E-state index contributed by atoms with van der Waals surface area (Å²) in [6.45, 7) is 3.46. The molecule has 1 aromatic rings. The van der Waals surface area contributed by atoms with E-state index < -0.39 is 15.9 Å². The molecule has 0 aliphatic rings. The number of methoxy groups -OCH3 is 1. The summed E-state index contributed by atoms with van der Waals surface area (Å²) in [4.78, 5) is 11.6. The third kappa shape index (κ3) is 4.80. The SMILES string of the molecule is COc1ccc(S(N)(=O)=O)cc1NC(=O)COC(C)C. The number of hydrogen-bond donors (Lipinski definition) is 2. The monoisotopic (exact) mass is 302 g/mol. The van der Waals surface area contributed by atoms with Gasteiger partial charge in [-0.25, -0.2) is 13.6 Å². The molecule has 0 fully saturated rings. The third-order valence-electron chi connectivity index (χ3n) is 2.32. The average Bonchev–Trinajstić information content (AvgIpc) is 2.35. The second-order valence-corrected chi connectivity index (χ2v) is 5.88. The fraction of sp³-hybridized carbons (Fsp3) is 0.417. The van der Waals surface area contributed by atoms with E-state index in [0.29, 0.717) is 5.75 Å². The molecule has 0 saturated carbocycles. The molecule has 0 radical (unpaired) electrons. The molecular formula is C12H18N2O5S. The van der Waals surface area contributed by atoms with Crippen LogP contribution in [0.4, 0.5) is 5.69 Å². The minimum Gasteiger partial charge on any atom is -0.495 e. The zero-order valence-corrected chi connectivity index (χ0v) is 12.4. The van der Waals surface area contributed by atoms with Crippen molar-refractivity contribution in [3.05, 3.63) is 18.2 Å². The van der Waals surface area contributed by atoms with Gasteiger partial charge in [-0.3, -0.25) is 4.79 Å². The van der Waals surface area contributed by atoms with Gasteiger partial charge in [0.25, 0.3) is 0 Å². The molecule has 0 bridgehead atoms. The number of primary sulfonamides is 1. The number of anilines is 1. The van der Waals surface area contributed by atoms with Gasteiger partial charge in [-0.15, -0.1) is 0 Å². The van der Waals surface area contributed by atoms with Crippen LogP contribution in [0.3, 0.4) is 0 Å². The molecule has 1 amide bonds. The van der Waals surface area contributed by atoms with Crippen molar-refractivity contribution in [2.45, 2.75) is 24.8 Å². The number of carbonyl (C=O) groups is 1. The van der Waals surface area contributed by atoms with Gasteiger partial charge in [-0.2, -0.15) is 0 Å². The summed E-state index contributed by atoms with van der Waals surface area (Å²) in [5, 5.41) is 7.56. The van der Waals surface area contributed by atoms with E-state index in [-0.39, 0.29) is 23.3 Å². The maximum absolute atomic E-state index is 11.7. The highest BCUT2D eigenvalue weighted by molar-refractivity contribution is 7.89. The van der Waals surface area contributed by atoms with Gasteiger partial charge >= 0.3 is 0 Å². The Kier molecular flexibility index (Phi) is 5.49. The van der Waals surface area contributed by atoms with E-state index in [0.717, 1.165) is 0 Å². The zero-order chi connectivity index (χ0) is 15.3. The molecule has 112 valence electrons. The lowest BCUT2D eigenvalue weighted by atomic mass is 10.3. The molecule has 0 unspecified atom stereocenters. The van der Waals surface area contributed by atoms with Gasteiger partial charge in [-0.1, -0.05) is 0 Å². The topological polar surface area (TPSA) is 108 Å². The molecule has 0 spiro atoms. The van der Waals surface area contributed by atoms with Gasteiger partial charge < -0.3 is 14.8 Å². The molecule has 0 aliphatic heterocycles. The fourth-order valence-electron chi connectivity index (χ4n) is 1.39. The van der Waals surface area contributed by atoms with Crippen LogP contribution in [0.1, 0.15) is 13.8 Å². The lowest BCUT2D eigenvalue weighted by molar-refractivity contribution is -0.121. The summed E-state index contributed by atoms with van der Waals surface area (Å²) in [6.07, 6.45) is -0.0848. The van der Waals surface area contributed by atoms with Crippen molar-refractivity contribution in [2.24, 2.45) is 5.14 Å². The summed E-state index contributed by atoms with van der Waals surface area (Å²) in [5.41, 5.74) is 0.219. The van der Waals surface area contributed by atoms with Crippen LogP contribution in [0.2, 0.25) is 0 Å². The summed E-state index contributed by atoms with van der Waals surface area (Å²) in [5.74, 6) is -0.0844. The molecule has 0 atom stereocenters. The third-order valence-corrected chi connectivity index (χ3v) is 3.23. The van der Waals surface area contributed by atoms with Crippen molar-refractivity contribution in [3.8, 4) is 5.75 Å². The van der Waals surface area contributed by atoms with E-state index >= 15 is 0 Å². The van der Waals surface area contributed by atoms with Gasteiger partial charge in [0.05, 0.1) is 23.8 Å². The molecule has 3 N–H and O–H groups in total. The molecule has 20 heavy (non-hydrogen) atoms. The van der Waals surface area contributed by atoms with Crippen LogP contribution in [0.5, 0.6) is 5.75 Å². The van der Waals surface area contributed by atoms with Gasteiger partial charge in [-0.05, 0) is 32.0 Å². The molecule has 0 aromatic heterocycles. The Morgan fingerprint density at radius 3 is 2.55 bits per heavy atom. The van der Waals surface area contributed by atoms with Crippen LogP contribution in [0.25, 0.3) is 0 Å². The Labute approximate surface area is 118 Å². The van der Waals surface area contributed by atoms with Crippen molar-refractivity contribution in [2.75, 3.05) is 19.0 Å².